The molecule has 0 radical (unpaired) electrons. The second-order valence-electron chi connectivity index (χ2n) is 7.10. The Bertz CT molecular complexity index is 864. The van der Waals surface area contributed by atoms with Crippen LogP contribution in [0.15, 0.2) is 24.3 Å². The van der Waals surface area contributed by atoms with E-state index in [2.05, 4.69) is 0 Å². The molecule has 2 aliphatic heterocycles. The van der Waals surface area contributed by atoms with Crippen LogP contribution >= 0.6 is 0 Å². The van der Waals surface area contributed by atoms with Crippen molar-refractivity contribution in [2.45, 2.75) is 38.9 Å². The number of likely N-dealkylation sites (tertiary alicyclic amines) is 1. The Morgan fingerprint density at radius 3 is 2.65 bits per heavy atom. The summed E-state index contributed by atoms with van der Waals surface area (Å²) in [5, 5.41) is 1.09. The van der Waals surface area contributed by atoms with Crippen LogP contribution in [-0.2, 0) is 20.7 Å². The van der Waals surface area contributed by atoms with Gasteiger partial charge in [0.2, 0.25) is 11.8 Å². The van der Waals surface area contributed by atoms with Gasteiger partial charge in [-0.05, 0) is 25.0 Å². The smallest absolute Gasteiger partial charge is 0.228 e. The number of nitrogens with zero attached hydrogens (tertiary/aromatic N) is 2. The van der Waals surface area contributed by atoms with Gasteiger partial charge < -0.3 is 14.4 Å². The Morgan fingerprint density at radius 1 is 1.23 bits per heavy atom. The number of carbonyl (C=O) groups excluding carboxylic acids is 2. The molecule has 2 fully saturated rings. The zero-order valence-corrected chi connectivity index (χ0v) is 15.3. The van der Waals surface area contributed by atoms with Crippen molar-refractivity contribution >= 4 is 22.7 Å². The van der Waals surface area contributed by atoms with Crippen molar-refractivity contribution in [1.29, 1.82) is 0 Å². The average molecular weight is 356 g/mol. The van der Waals surface area contributed by atoms with Crippen molar-refractivity contribution in [2.24, 2.45) is 0 Å². The Labute approximate surface area is 152 Å². The molecular weight excluding hydrogens is 332 g/mol. The number of carbonyl (C=O) groups is 2. The van der Waals surface area contributed by atoms with Crippen molar-refractivity contribution < 1.29 is 19.1 Å². The van der Waals surface area contributed by atoms with Crippen LogP contribution in [0.4, 0.5) is 0 Å². The number of hydrogen-bond donors (Lipinski definition) is 0. The molecule has 6 nitrogen and oxygen atoms in total. The van der Waals surface area contributed by atoms with Gasteiger partial charge in [0.05, 0.1) is 25.2 Å². The zero-order chi connectivity index (χ0) is 18.3. The predicted octanol–water partition coefficient (Wildman–Crippen LogP) is 2.52. The lowest BCUT2D eigenvalue weighted by Crippen LogP contribution is -2.49. The maximum atomic E-state index is 12.5. The highest BCUT2D eigenvalue weighted by Crippen LogP contribution is 2.32. The first-order chi connectivity index (χ1) is 12.5. The number of hydrogen-bond acceptors (Lipinski definition) is 4. The molecule has 1 aromatic carbocycles. The Morgan fingerprint density at radius 2 is 1.96 bits per heavy atom. The molecule has 1 aromatic heterocycles. The van der Waals surface area contributed by atoms with Gasteiger partial charge in [0.25, 0.3) is 0 Å². The molecule has 1 amide bonds. The minimum absolute atomic E-state index is 0.0106. The highest BCUT2D eigenvalue weighted by atomic mass is 16.7. The van der Waals surface area contributed by atoms with E-state index in [1.807, 2.05) is 36.1 Å². The first-order valence-corrected chi connectivity index (χ1v) is 9.16. The van der Waals surface area contributed by atoms with Gasteiger partial charge in [0, 0.05) is 37.5 Å². The molecule has 0 atom stereocenters. The fraction of sp³-hybridized carbons (Fsp3) is 0.500. The van der Waals surface area contributed by atoms with Gasteiger partial charge in [0.15, 0.2) is 5.79 Å². The lowest BCUT2D eigenvalue weighted by atomic mass is 10.0. The van der Waals surface area contributed by atoms with Crippen molar-refractivity contribution in [3.63, 3.8) is 0 Å². The molecule has 6 heteroatoms. The predicted molar refractivity (Wildman–Crippen MR) is 97.1 cm³/mol. The fourth-order valence-corrected chi connectivity index (χ4v) is 4.24. The van der Waals surface area contributed by atoms with Crippen LogP contribution in [0, 0.1) is 6.92 Å². The summed E-state index contributed by atoms with van der Waals surface area (Å²) in [5.41, 5.74) is 3.03. The van der Waals surface area contributed by atoms with Crippen LogP contribution in [-0.4, -0.2) is 53.4 Å². The van der Waals surface area contributed by atoms with E-state index in [9.17, 15) is 9.59 Å². The van der Waals surface area contributed by atoms with E-state index in [1.165, 1.54) is 0 Å². The van der Waals surface area contributed by atoms with E-state index >= 15 is 0 Å². The molecule has 4 rings (SSSR count). The minimum atomic E-state index is -0.686. The lowest BCUT2D eigenvalue weighted by molar-refractivity contribution is -0.192. The van der Waals surface area contributed by atoms with Crippen LogP contribution in [0.5, 0.6) is 0 Å². The van der Waals surface area contributed by atoms with Gasteiger partial charge in [-0.25, -0.2) is 0 Å². The lowest BCUT2D eigenvalue weighted by Gasteiger charge is -2.37. The monoisotopic (exact) mass is 356 g/mol. The summed E-state index contributed by atoms with van der Waals surface area (Å²) in [7, 11) is 0. The van der Waals surface area contributed by atoms with Gasteiger partial charge in [0.1, 0.15) is 0 Å². The van der Waals surface area contributed by atoms with Crippen LogP contribution < -0.4 is 0 Å². The summed E-state index contributed by atoms with van der Waals surface area (Å²) in [6.07, 6.45) is 1.74. The molecule has 26 heavy (non-hydrogen) atoms. The van der Waals surface area contributed by atoms with Crippen molar-refractivity contribution in [3.8, 4) is 0 Å². The first-order valence-electron chi connectivity index (χ1n) is 9.16. The molecule has 1 spiro atoms. The standard InChI is InChI=1S/C20H24N2O4/c1-14-16(17-5-3-4-6-18(17)22(14)15(2)23)7-9-21-10-8-20(13-19(21)24)25-11-12-26-20/h3-6H,7-13H2,1-2H3. The topological polar surface area (TPSA) is 60.8 Å². The third-order valence-corrected chi connectivity index (χ3v) is 5.54. The summed E-state index contributed by atoms with van der Waals surface area (Å²) in [5.74, 6) is -0.601. The summed E-state index contributed by atoms with van der Waals surface area (Å²) in [4.78, 5) is 26.5. The molecule has 138 valence electrons. The number of para-hydroxylation sites is 1. The van der Waals surface area contributed by atoms with E-state index in [-0.39, 0.29) is 11.8 Å². The molecule has 2 aliphatic rings. The summed E-state index contributed by atoms with van der Waals surface area (Å²) in [6.45, 7) is 5.97. The minimum Gasteiger partial charge on any atom is -0.347 e. The maximum Gasteiger partial charge on any atom is 0.228 e. The normalized spacial score (nSPS) is 19.6. The second-order valence-corrected chi connectivity index (χ2v) is 7.10. The van der Waals surface area contributed by atoms with Crippen LogP contribution in [0.1, 0.15) is 35.8 Å². The van der Waals surface area contributed by atoms with Crippen molar-refractivity contribution in [2.75, 3.05) is 26.3 Å². The van der Waals surface area contributed by atoms with Gasteiger partial charge >= 0.3 is 0 Å². The molecular formula is C20H24N2O4. The van der Waals surface area contributed by atoms with Gasteiger partial charge in [-0.1, -0.05) is 18.2 Å². The molecule has 2 aromatic rings. The molecule has 0 unspecified atom stereocenters. The van der Waals surface area contributed by atoms with Gasteiger partial charge in [-0.15, -0.1) is 0 Å². The zero-order valence-electron chi connectivity index (χ0n) is 15.3. The van der Waals surface area contributed by atoms with Crippen molar-refractivity contribution in [1.82, 2.24) is 9.47 Å². The Kier molecular flexibility index (Phi) is 4.32. The van der Waals surface area contributed by atoms with Crippen LogP contribution in [0.25, 0.3) is 10.9 Å². The number of amides is 1. The third-order valence-electron chi connectivity index (χ3n) is 5.54. The molecule has 0 aliphatic carbocycles. The number of fused-ring (bicyclic) bond motifs is 1. The van der Waals surface area contributed by atoms with E-state index in [0.29, 0.717) is 39.1 Å². The second kappa shape index (κ2) is 6.52. The largest absolute Gasteiger partial charge is 0.347 e. The number of ether oxygens (including phenoxy) is 2. The SMILES string of the molecule is CC(=O)n1c(C)c(CCN2CCC3(CC2=O)OCCO3)c2ccccc21. The van der Waals surface area contributed by atoms with Gasteiger partial charge in [-0.2, -0.15) is 0 Å². The quantitative estimate of drug-likeness (QED) is 0.848. The summed E-state index contributed by atoms with van der Waals surface area (Å²) in [6, 6.07) is 7.95. The third kappa shape index (κ3) is 2.83. The van der Waals surface area contributed by atoms with E-state index in [1.54, 1.807) is 11.5 Å². The van der Waals surface area contributed by atoms with Gasteiger partial charge in [-0.3, -0.25) is 14.2 Å². The van der Waals surface area contributed by atoms with E-state index in [4.69, 9.17) is 9.47 Å². The number of aromatic nitrogens is 1. The molecule has 3 heterocycles. The molecule has 0 bridgehead atoms. The molecule has 0 N–H and O–H groups in total. The Hall–Kier alpha value is -2.18. The maximum absolute atomic E-state index is 12.5. The number of rotatable bonds is 3. The van der Waals surface area contributed by atoms with Crippen molar-refractivity contribution in [3.05, 3.63) is 35.5 Å². The highest BCUT2D eigenvalue weighted by molar-refractivity contribution is 5.95. The molecule has 2 saturated heterocycles. The highest BCUT2D eigenvalue weighted by Gasteiger charge is 2.43. The first kappa shape index (κ1) is 17.2. The molecule has 0 saturated carbocycles. The average Bonchev–Trinajstić information content (AvgIpc) is 3.16. The Balaban J connectivity index is 1.53. The summed E-state index contributed by atoms with van der Waals surface area (Å²) < 4.78 is 13.1. The number of piperidine rings is 1. The number of benzene rings is 1. The van der Waals surface area contributed by atoms with E-state index < -0.39 is 5.79 Å². The van der Waals surface area contributed by atoms with E-state index in [0.717, 1.165) is 28.6 Å². The van der Waals surface area contributed by atoms with Crippen LogP contribution in [0.2, 0.25) is 0 Å². The fourth-order valence-electron chi connectivity index (χ4n) is 4.24. The summed E-state index contributed by atoms with van der Waals surface area (Å²) >= 11 is 0. The van der Waals surface area contributed by atoms with Crippen LogP contribution in [0.3, 0.4) is 0 Å².